The molecule has 5 nitrogen and oxygen atoms in total. The highest BCUT2D eigenvalue weighted by molar-refractivity contribution is 6.31. The van der Waals surface area contributed by atoms with Crippen LogP contribution in [0, 0.1) is 23.4 Å². The zero-order chi connectivity index (χ0) is 19.7. The Morgan fingerprint density at radius 1 is 1.22 bits per heavy atom. The number of hydrogen-bond donors (Lipinski definition) is 1. The van der Waals surface area contributed by atoms with E-state index in [1.807, 2.05) is 0 Å². The van der Waals surface area contributed by atoms with Crippen LogP contribution >= 0.6 is 11.6 Å². The Labute approximate surface area is 157 Å². The molecule has 1 heterocycles. The van der Waals surface area contributed by atoms with Crippen molar-refractivity contribution in [2.24, 2.45) is 5.92 Å². The Bertz CT molecular complexity index is 923. The minimum absolute atomic E-state index is 0.00661. The maximum absolute atomic E-state index is 13.7. The Morgan fingerprint density at radius 2 is 1.96 bits per heavy atom. The molecule has 27 heavy (non-hydrogen) atoms. The highest BCUT2D eigenvalue weighted by Gasteiger charge is 2.36. The average molecular weight is 399 g/mol. The third kappa shape index (κ3) is 3.71. The Morgan fingerprint density at radius 3 is 2.67 bits per heavy atom. The van der Waals surface area contributed by atoms with E-state index in [-0.39, 0.29) is 18.9 Å². The summed E-state index contributed by atoms with van der Waals surface area (Å²) in [5, 5.41) is 2.58. The molecule has 3 rings (SSSR count). The van der Waals surface area contributed by atoms with Gasteiger partial charge in [-0.05, 0) is 30.3 Å². The second-order valence-electron chi connectivity index (χ2n) is 5.93. The molecule has 2 amide bonds. The Balaban J connectivity index is 1.79. The third-order valence-corrected chi connectivity index (χ3v) is 4.46. The van der Waals surface area contributed by atoms with Crippen molar-refractivity contribution in [1.29, 1.82) is 0 Å². The maximum Gasteiger partial charge on any atom is 0.229 e. The van der Waals surface area contributed by atoms with Gasteiger partial charge in [0, 0.05) is 18.0 Å². The van der Waals surface area contributed by atoms with Crippen molar-refractivity contribution in [3.63, 3.8) is 0 Å². The van der Waals surface area contributed by atoms with Crippen LogP contribution < -0.4 is 15.0 Å². The minimum atomic E-state index is -1.68. The fraction of sp³-hybridized carbons (Fsp3) is 0.222. The predicted molar refractivity (Wildman–Crippen MR) is 93.4 cm³/mol. The number of carbonyl (C=O) groups is 2. The molecule has 1 unspecified atom stereocenters. The van der Waals surface area contributed by atoms with E-state index in [0.29, 0.717) is 22.5 Å². The van der Waals surface area contributed by atoms with E-state index in [0.717, 1.165) is 6.07 Å². The van der Waals surface area contributed by atoms with Gasteiger partial charge in [-0.2, -0.15) is 0 Å². The largest absolute Gasteiger partial charge is 0.495 e. The lowest BCUT2D eigenvalue weighted by Crippen LogP contribution is -2.28. The summed E-state index contributed by atoms with van der Waals surface area (Å²) < 4.78 is 45.2. The molecule has 9 heteroatoms. The van der Waals surface area contributed by atoms with Crippen LogP contribution in [0.4, 0.5) is 24.5 Å². The van der Waals surface area contributed by atoms with Gasteiger partial charge in [0.05, 0.1) is 24.4 Å². The van der Waals surface area contributed by atoms with Gasteiger partial charge in [0.2, 0.25) is 11.8 Å². The monoisotopic (exact) mass is 398 g/mol. The quantitative estimate of drug-likeness (QED) is 0.798. The summed E-state index contributed by atoms with van der Waals surface area (Å²) in [5.41, 5.74) is -0.0885. The van der Waals surface area contributed by atoms with Crippen LogP contribution in [0.25, 0.3) is 0 Å². The van der Waals surface area contributed by atoms with Gasteiger partial charge in [0.25, 0.3) is 0 Å². The van der Waals surface area contributed by atoms with Crippen molar-refractivity contribution in [3.8, 4) is 5.75 Å². The van der Waals surface area contributed by atoms with Crippen molar-refractivity contribution in [2.75, 3.05) is 23.9 Å². The van der Waals surface area contributed by atoms with Crippen molar-refractivity contribution < 1.29 is 27.5 Å². The van der Waals surface area contributed by atoms with Crippen LogP contribution in [0.2, 0.25) is 5.02 Å². The molecule has 1 saturated heterocycles. The summed E-state index contributed by atoms with van der Waals surface area (Å²) in [6, 6.07) is 6.35. The lowest BCUT2D eigenvalue weighted by atomic mass is 10.1. The summed E-state index contributed by atoms with van der Waals surface area (Å²) in [6.45, 7) is 0.00661. The third-order valence-electron chi connectivity index (χ3n) is 4.22. The fourth-order valence-electron chi connectivity index (χ4n) is 2.85. The SMILES string of the molecule is COc1ccc(Cl)cc1N1CC(C(=O)Nc2ccc(F)c(F)c2F)CC1=O. The maximum atomic E-state index is 13.7. The molecule has 0 radical (unpaired) electrons. The first-order valence-corrected chi connectivity index (χ1v) is 8.28. The number of carbonyl (C=O) groups excluding carboxylic acids is 2. The van der Waals surface area contributed by atoms with E-state index >= 15 is 0 Å². The number of benzene rings is 2. The molecular formula is C18H14ClF3N2O3. The van der Waals surface area contributed by atoms with E-state index in [1.54, 1.807) is 12.1 Å². The molecule has 2 aromatic rings. The van der Waals surface area contributed by atoms with Gasteiger partial charge >= 0.3 is 0 Å². The molecule has 0 spiro atoms. The van der Waals surface area contributed by atoms with Crippen molar-refractivity contribution in [2.45, 2.75) is 6.42 Å². The second-order valence-corrected chi connectivity index (χ2v) is 6.37. The van der Waals surface area contributed by atoms with Gasteiger partial charge in [0.15, 0.2) is 17.5 Å². The van der Waals surface area contributed by atoms with Gasteiger partial charge in [-0.1, -0.05) is 11.6 Å². The van der Waals surface area contributed by atoms with Crippen LogP contribution in [-0.4, -0.2) is 25.5 Å². The first-order chi connectivity index (χ1) is 12.8. The molecule has 0 aromatic heterocycles. The van der Waals surface area contributed by atoms with Gasteiger partial charge in [-0.3, -0.25) is 9.59 Å². The van der Waals surface area contributed by atoms with Crippen molar-refractivity contribution in [3.05, 3.63) is 52.8 Å². The van der Waals surface area contributed by atoms with Crippen LogP contribution in [0.3, 0.4) is 0 Å². The fourth-order valence-corrected chi connectivity index (χ4v) is 3.01. The van der Waals surface area contributed by atoms with Crippen molar-refractivity contribution >= 4 is 34.8 Å². The number of halogens is 4. The number of nitrogens with zero attached hydrogens (tertiary/aromatic N) is 1. The number of ether oxygens (including phenoxy) is 1. The van der Waals surface area contributed by atoms with Gasteiger partial charge < -0.3 is 15.0 Å². The standard InChI is InChI=1S/C18H14ClF3N2O3/c1-27-14-5-2-10(19)7-13(14)24-8-9(6-15(24)25)18(26)23-12-4-3-11(20)16(21)17(12)22/h2-5,7,9H,6,8H2,1H3,(H,23,26). The number of hydrogen-bond acceptors (Lipinski definition) is 3. The summed E-state index contributed by atoms with van der Waals surface area (Å²) in [6.07, 6.45) is -0.132. The van der Waals surface area contributed by atoms with E-state index < -0.39 is 35.0 Å². The number of amides is 2. The summed E-state index contributed by atoms with van der Waals surface area (Å²) in [5.74, 6) is -5.98. The zero-order valence-electron chi connectivity index (χ0n) is 14.1. The Kier molecular flexibility index (Phi) is 5.27. The lowest BCUT2D eigenvalue weighted by Gasteiger charge is -2.20. The molecule has 1 fully saturated rings. The first kappa shape index (κ1) is 19.0. The molecule has 1 aliphatic rings. The van der Waals surface area contributed by atoms with Gasteiger partial charge in [-0.15, -0.1) is 0 Å². The first-order valence-electron chi connectivity index (χ1n) is 7.90. The van der Waals surface area contributed by atoms with Crippen LogP contribution in [0.1, 0.15) is 6.42 Å². The predicted octanol–water partition coefficient (Wildman–Crippen LogP) is 3.76. The molecule has 1 atom stereocenters. The molecule has 1 aliphatic heterocycles. The summed E-state index contributed by atoms with van der Waals surface area (Å²) in [7, 11) is 1.43. The number of methoxy groups -OCH3 is 1. The number of anilines is 2. The smallest absolute Gasteiger partial charge is 0.229 e. The van der Waals surface area contributed by atoms with E-state index in [9.17, 15) is 22.8 Å². The second kappa shape index (κ2) is 7.48. The molecule has 142 valence electrons. The van der Waals surface area contributed by atoms with E-state index in [1.165, 1.54) is 18.1 Å². The summed E-state index contributed by atoms with van der Waals surface area (Å²) in [4.78, 5) is 26.1. The molecule has 2 aromatic carbocycles. The van der Waals surface area contributed by atoms with E-state index in [4.69, 9.17) is 16.3 Å². The highest BCUT2D eigenvalue weighted by atomic mass is 35.5. The molecule has 1 N–H and O–H groups in total. The minimum Gasteiger partial charge on any atom is -0.495 e. The summed E-state index contributed by atoms with van der Waals surface area (Å²) >= 11 is 5.97. The number of rotatable bonds is 4. The molecular weight excluding hydrogens is 385 g/mol. The topological polar surface area (TPSA) is 58.6 Å². The van der Waals surface area contributed by atoms with E-state index in [2.05, 4.69) is 5.32 Å². The molecule has 0 bridgehead atoms. The molecule has 0 aliphatic carbocycles. The van der Waals surface area contributed by atoms with Gasteiger partial charge in [-0.25, -0.2) is 13.2 Å². The number of nitrogens with one attached hydrogen (secondary N) is 1. The zero-order valence-corrected chi connectivity index (χ0v) is 14.8. The Hall–Kier alpha value is -2.74. The normalized spacial score (nSPS) is 16.6. The van der Waals surface area contributed by atoms with Crippen LogP contribution in [0.15, 0.2) is 30.3 Å². The van der Waals surface area contributed by atoms with Crippen molar-refractivity contribution in [1.82, 2.24) is 0 Å². The van der Waals surface area contributed by atoms with Crippen LogP contribution in [-0.2, 0) is 9.59 Å². The molecule has 0 saturated carbocycles. The van der Waals surface area contributed by atoms with Gasteiger partial charge in [0.1, 0.15) is 5.75 Å². The highest BCUT2D eigenvalue weighted by Crippen LogP contribution is 2.35. The lowest BCUT2D eigenvalue weighted by molar-refractivity contribution is -0.122. The van der Waals surface area contributed by atoms with Crippen LogP contribution in [0.5, 0.6) is 5.75 Å². The average Bonchev–Trinajstić information content (AvgIpc) is 3.04.